The van der Waals surface area contributed by atoms with Gasteiger partial charge in [0.2, 0.25) is 0 Å². The van der Waals surface area contributed by atoms with Crippen molar-refractivity contribution in [3.63, 3.8) is 0 Å². The average molecular weight is 468 g/mol. The lowest BCUT2D eigenvalue weighted by Crippen LogP contribution is -2.40. The lowest BCUT2D eigenvalue weighted by atomic mass is 9.92. The van der Waals surface area contributed by atoms with Gasteiger partial charge in [0, 0.05) is 43.3 Å². The maximum absolute atomic E-state index is 12.5. The Hall–Kier alpha value is -2.97. The molecule has 8 nitrogen and oxygen atoms in total. The van der Waals surface area contributed by atoms with Crippen molar-refractivity contribution in [1.82, 2.24) is 20.3 Å². The van der Waals surface area contributed by atoms with Crippen LogP contribution < -0.4 is 15.0 Å². The van der Waals surface area contributed by atoms with Crippen molar-refractivity contribution in [3.8, 4) is 5.75 Å². The second-order valence-corrected chi connectivity index (χ2v) is 8.77. The lowest BCUT2D eigenvalue weighted by molar-refractivity contribution is 0.0890. The molecule has 0 radical (unpaired) electrons. The molecule has 1 aliphatic carbocycles. The molecule has 1 aromatic carbocycles. The number of halogens is 1. The molecule has 2 aromatic heterocycles. The molecule has 1 saturated heterocycles. The van der Waals surface area contributed by atoms with E-state index in [1.165, 1.54) is 0 Å². The maximum Gasteiger partial charge on any atom is 0.270 e. The van der Waals surface area contributed by atoms with E-state index in [1.807, 2.05) is 0 Å². The van der Waals surface area contributed by atoms with Crippen molar-refractivity contribution in [2.75, 3.05) is 31.2 Å². The van der Waals surface area contributed by atoms with E-state index in [9.17, 15) is 4.79 Å². The molecule has 1 aliphatic heterocycles. The van der Waals surface area contributed by atoms with E-state index in [4.69, 9.17) is 21.1 Å². The first-order valence-electron chi connectivity index (χ1n) is 11.3. The molecule has 0 spiro atoms. The number of pyridine rings is 1. The summed E-state index contributed by atoms with van der Waals surface area (Å²) in [4.78, 5) is 27.9. The van der Waals surface area contributed by atoms with Crippen LogP contribution in [0.2, 0.25) is 5.15 Å². The highest BCUT2D eigenvalue weighted by Gasteiger charge is 2.25. The molecule has 3 aromatic rings. The largest absolute Gasteiger partial charge is 0.488 e. The van der Waals surface area contributed by atoms with Crippen LogP contribution in [0.5, 0.6) is 5.75 Å². The second kappa shape index (κ2) is 9.89. The molecular weight excluding hydrogens is 442 g/mol. The number of ether oxygens (including phenoxy) is 2. The average Bonchev–Trinajstić information content (AvgIpc) is 2.85. The Bertz CT molecular complexity index is 1130. The third-order valence-electron chi connectivity index (χ3n) is 6.15. The smallest absolute Gasteiger partial charge is 0.270 e. The number of carbonyl (C=O) groups is 1. The first kappa shape index (κ1) is 21.9. The number of rotatable bonds is 5. The zero-order chi connectivity index (χ0) is 22.6. The van der Waals surface area contributed by atoms with E-state index in [-0.39, 0.29) is 18.1 Å². The van der Waals surface area contributed by atoms with E-state index < -0.39 is 0 Å². The van der Waals surface area contributed by atoms with E-state index in [0.717, 1.165) is 74.5 Å². The fourth-order valence-corrected chi connectivity index (χ4v) is 4.59. The molecular formula is C24H26ClN5O3. The van der Waals surface area contributed by atoms with E-state index in [2.05, 4.69) is 37.3 Å². The second-order valence-electron chi connectivity index (χ2n) is 8.38. The molecule has 0 bridgehead atoms. The quantitative estimate of drug-likeness (QED) is 0.573. The molecule has 2 fully saturated rings. The fraction of sp³-hybridized carbons (Fsp3) is 0.417. The van der Waals surface area contributed by atoms with Gasteiger partial charge in [-0.25, -0.2) is 9.97 Å². The summed E-state index contributed by atoms with van der Waals surface area (Å²) in [6.45, 7) is 3.12. The van der Waals surface area contributed by atoms with E-state index in [0.29, 0.717) is 10.8 Å². The van der Waals surface area contributed by atoms with Gasteiger partial charge in [-0.1, -0.05) is 17.7 Å². The SMILES string of the molecule is O=C(N[C@H]1CC[C@@H](Oc2cc(N3CCOCC3)cc3nccnc23)CC1)c1cccc(Cl)n1. The number of fused-ring (bicyclic) bond motifs is 1. The van der Waals surface area contributed by atoms with Crippen molar-refractivity contribution < 1.29 is 14.3 Å². The summed E-state index contributed by atoms with van der Waals surface area (Å²) in [6.07, 6.45) is 6.83. The summed E-state index contributed by atoms with van der Waals surface area (Å²) >= 11 is 5.90. The molecule has 1 N–H and O–H groups in total. The molecule has 2 aliphatic rings. The Kier molecular flexibility index (Phi) is 6.55. The molecule has 172 valence electrons. The zero-order valence-corrected chi connectivity index (χ0v) is 19.0. The van der Waals surface area contributed by atoms with Gasteiger partial charge >= 0.3 is 0 Å². The monoisotopic (exact) mass is 467 g/mol. The van der Waals surface area contributed by atoms with Gasteiger partial charge in [0.05, 0.1) is 24.8 Å². The number of amides is 1. The number of aromatic nitrogens is 3. The van der Waals surface area contributed by atoms with Gasteiger partial charge in [-0.3, -0.25) is 9.78 Å². The van der Waals surface area contributed by atoms with Crippen LogP contribution in [-0.4, -0.2) is 59.3 Å². The van der Waals surface area contributed by atoms with Crippen molar-refractivity contribution in [3.05, 3.63) is 53.6 Å². The van der Waals surface area contributed by atoms with E-state index in [1.54, 1.807) is 30.6 Å². The summed E-state index contributed by atoms with van der Waals surface area (Å²) in [7, 11) is 0. The number of nitrogens with zero attached hydrogens (tertiary/aromatic N) is 4. The molecule has 1 saturated carbocycles. The Morgan fingerprint density at radius 3 is 2.67 bits per heavy atom. The highest BCUT2D eigenvalue weighted by Crippen LogP contribution is 2.33. The normalized spacial score (nSPS) is 21.1. The molecule has 9 heteroatoms. The third-order valence-corrected chi connectivity index (χ3v) is 6.36. The first-order chi connectivity index (χ1) is 16.2. The Balaban J connectivity index is 1.25. The molecule has 5 rings (SSSR count). The molecule has 0 atom stereocenters. The van der Waals surface area contributed by atoms with Crippen LogP contribution in [-0.2, 0) is 4.74 Å². The highest BCUT2D eigenvalue weighted by atomic mass is 35.5. The Labute approximate surface area is 197 Å². The standard InChI is InChI=1S/C24H26ClN5O3/c25-22-3-1-2-19(29-22)24(31)28-16-4-6-18(7-5-16)33-21-15-17(30-10-12-32-13-11-30)14-20-23(21)27-9-8-26-20/h1-3,8-9,14-16,18H,4-7,10-13H2,(H,28,31)/t16-,18+. The summed E-state index contributed by atoms with van der Waals surface area (Å²) < 4.78 is 11.9. The van der Waals surface area contributed by atoms with Gasteiger partial charge < -0.3 is 19.7 Å². The van der Waals surface area contributed by atoms with Crippen LogP contribution in [0.1, 0.15) is 36.2 Å². The van der Waals surface area contributed by atoms with Gasteiger partial charge in [-0.15, -0.1) is 0 Å². The minimum atomic E-state index is -0.193. The fourth-order valence-electron chi connectivity index (χ4n) is 4.42. The highest BCUT2D eigenvalue weighted by molar-refractivity contribution is 6.29. The maximum atomic E-state index is 12.5. The van der Waals surface area contributed by atoms with Crippen LogP contribution in [0.3, 0.4) is 0 Å². The lowest BCUT2D eigenvalue weighted by Gasteiger charge is -2.31. The minimum Gasteiger partial charge on any atom is -0.488 e. The van der Waals surface area contributed by atoms with Crippen molar-refractivity contribution in [1.29, 1.82) is 0 Å². The van der Waals surface area contributed by atoms with Crippen LogP contribution in [0, 0.1) is 0 Å². The minimum absolute atomic E-state index is 0.0626. The summed E-state index contributed by atoms with van der Waals surface area (Å²) in [5, 5.41) is 3.39. The Morgan fingerprint density at radius 2 is 1.88 bits per heavy atom. The third kappa shape index (κ3) is 5.17. The van der Waals surface area contributed by atoms with Crippen molar-refractivity contribution in [2.24, 2.45) is 0 Å². The molecule has 1 amide bonds. The van der Waals surface area contributed by atoms with Gasteiger partial charge in [-0.2, -0.15) is 0 Å². The molecule has 3 heterocycles. The number of benzene rings is 1. The first-order valence-corrected chi connectivity index (χ1v) is 11.7. The molecule has 0 unspecified atom stereocenters. The number of hydrogen-bond donors (Lipinski definition) is 1. The van der Waals surface area contributed by atoms with Crippen LogP contribution in [0.4, 0.5) is 5.69 Å². The number of hydrogen-bond acceptors (Lipinski definition) is 7. The zero-order valence-electron chi connectivity index (χ0n) is 18.2. The van der Waals surface area contributed by atoms with Crippen LogP contribution in [0.25, 0.3) is 11.0 Å². The summed E-state index contributed by atoms with van der Waals surface area (Å²) in [5.41, 5.74) is 3.02. The van der Waals surface area contributed by atoms with Crippen LogP contribution in [0.15, 0.2) is 42.7 Å². The van der Waals surface area contributed by atoms with Gasteiger partial charge in [-0.05, 0) is 43.9 Å². The van der Waals surface area contributed by atoms with Crippen molar-refractivity contribution >= 4 is 34.2 Å². The van der Waals surface area contributed by atoms with Crippen molar-refractivity contribution in [2.45, 2.75) is 37.8 Å². The number of anilines is 1. The number of carbonyl (C=O) groups excluding carboxylic acids is 1. The number of nitrogens with one attached hydrogen (secondary N) is 1. The van der Waals surface area contributed by atoms with E-state index >= 15 is 0 Å². The topological polar surface area (TPSA) is 89.5 Å². The van der Waals surface area contributed by atoms with Crippen LogP contribution >= 0.6 is 11.6 Å². The predicted molar refractivity (Wildman–Crippen MR) is 126 cm³/mol. The number of morpholine rings is 1. The predicted octanol–water partition coefficient (Wildman–Crippen LogP) is 3.63. The molecule has 33 heavy (non-hydrogen) atoms. The van der Waals surface area contributed by atoms with Gasteiger partial charge in [0.1, 0.15) is 22.1 Å². The van der Waals surface area contributed by atoms with Gasteiger partial charge in [0.15, 0.2) is 0 Å². The summed E-state index contributed by atoms with van der Waals surface area (Å²) in [5.74, 6) is 0.569. The van der Waals surface area contributed by atoms with Gasteiger partial charge in [0.25, 0.3) is 5.91 Å². The summed E-state index contributed by atoms with van der Waals surface area (Å²) in [6, 6.07) is 9.28. The Morgan fingerprint density at radius 1 is 1.09 bits per heavy atom.